The van der Waals surface area contributed by atoms with Crippen molar-refractivity contribution in [2.75, 3.05) is 5.73 Å². The molecule has 0 amide bonds. The largest absolute Gasteiger partial charge is 0.383 e. The van der Waals surface area contributed by atoms with Crippen LogP contribution in [-0.4, -0.2) is 15.0 Å². The number of nitrogens with zero attached hydrogens (tertiary/aromatic N) is 3. The summed E-state index contributed by atoms with van der Waals surface area (Å²) in [5.41, 5.74) is 9.85. The van der Waals surface area contributed by atoms with Crippen molar-refractivity contribution in [1.82, 2.24) is 15.0 Å². The predicted molar refractivity (Wildman–Crippen MR) is 73.2 cm³/mol. The summed E-state index contributed by atoms with van der Waals surface area (Å²) in [6.45, 7) is 8.11. The summed E-state index contributed by atoms with van der Waals surface area (Å²) >= 11 is 0. The van der Waals surface area contributed by atoms with Crippen LogP contribution in [0.5, 0.6) is 0 Å². The molecule has 4 nitrogen and oxygen atoms in total. The molecule has 0 aromatic carbocycles. The minimum Gasteiger partial charge on any atom is -0.383 e. The zero-order valence-corrected chi connectivity index (χ0v) is 11.2. The quantitative estimate of drug-likeness (QED) is 0.879. The van der Waals surface area contributed by atoms with Crippen LogP contribution in [0.15, 0.2) is 18.3 Å². The third-order valence-electron chi connectivity index (χ3n) is 2.91. The Labute approximate surface area is 107 Å². The van der Waals surface area contributed by atoms with Gasteiger partial charge in [0.25, 0.3) is 0 Å². The van der Waals surface area contributed by atoms with E-state index in [1.807, 2.05) is 26.0 Å². The van der Waals surface area contributed by atoms with Gasteiger partial charge in [-0.25, -0.2) is 9.97 Å². The maximum Gasteiger partial charge on any atom is 0.163 e. The maximum absolute atomic E-state index is 6.02. The van der Waals surface area contributed by atoms with Crippen molar-refractivity contribution in [3.8, 4) is 11.4 Å². The van der Waals surface area contributed by atoms with Gasteiger partial charge in [0.05, 0.1) is 0 Å². The number of hydrogen-bond acceptors (Lipinski definition) is 4. The molecular weight excluding hydrogens is 224 g/mol. The molecule has 0 spiro atoms. The first-order valence-corrected chi connectivity index (χ1v) is 6.06. The molecule has 2 rings (SSSR count). The Bertz CT molecular complexity index is 536. The number of pyridine rings is 1. The maximum atomic E-state index is 6.02. The number of nitrogens with two attached hydrogens (primary N) is 1. The topological polar surface area (TPSA) is 64.7 Å². The third-order valence-corrected chi connectivity index (χ3v) is 2.91. The summed E-state index contributed by atoms with van der Waals surface area (Å²) in [7, 11) is 0. The first kappa shape index (κ1) is 12.5. The molecule has 2 heterocycles. The molecule has 0 atom stereocenters. The molecule has 0 radical (unpaired) electrons. The number of aryl methyl sites for hydroxylation is 2. The average Bonchev–Trinajstić information content (AvgIpc) is 2.28. The van der Waals surface area contributed by atoms with Gasteiger partial charge in [-0.05, 0) is 31.9 Å². The van der Waals surface area contributed by atoms with Crippen LogP contribution in [-0.2, 0) is 0 Å². The smallest absolute Gasteiger partial charge is 0.163 e. The first-order chi connectivity index (χ1) is 8.49. The van der Waals surface area contributed by atoms with E-state index in [0.717, 1.165) is 22.5 Å². The second kappa shape index (κ2) is 4.72. The fraction of sp³-hybridized carbons (Fsp3) is 0.357. The zero-order valence-electron chi connectivity index (χ0n) is 11.2. The van der Waals surface area contributed by atoms with Crippen LogP contribution in [0.3, 0.4) is 0 Å². The van der Waals surface area contributed by atoms with Gasteiger partial charge >= 0.3 is 0 Å². The van der Waals surface area contributed by atoms with Crippen LogP contribution in [0.2, 0.25) is 0 Å². The molecule has 0 saturated carbocycles. The minimum absolute atomic E-state index is 0.329. The van der Waals surface area contributed by atoms with Gasteiger partial charge in [0.15, 0.2) is 5.82 Å². The predicted octanol–water partition coefficient (Wildman–Crippen LogP) is 2.86. The van der Waals surface area contributed by atoms with Gasteiger partial charge in [-0.15, -0.1) is 0 Å². The van der Waals surface area contributed by atoms with Crippen LogP contribution < -0.4 is 5.73 Å². The molecule has 0 unspecified atom stereocenters. The Morgan fingerprint density at radius 1 is 1.11 bits per heavy atom. The molecule has 2 aromatic rings. The van der Waals surface area contributed by atoms with E-state index in [2.05, 4.69) is 28.8 Å². The molecule has 0 saturated heterocycles. The lowest BCUT2D eigenvalue weighted by Crippen LogP contribution is -2.06. The molecule has 4 heteroatoms. The van der Waals surface area contributed by atoms with Crippen molar-refractivity contribution in [3.63, 3.8) is 0 Å². The van der Waals surface area contributed by atoms with Gasteiger partial charge in [0.2, 0.25) is 0 Å². The summed E-state index contributed by atoms with van der Waals surface area (Å²) in [5.74, 6) is 1.53. The van der Waals surface area contributed by atoms with Crippen molar-refractivity contribution in [1.29, 1.82) is 0 Å². The van der Waals surface area contributed by atoms with E-state index in [1.165, 1.54) is 0 Å². The SMILES string of the molecule is Cc1ccc(-c2nc(C)c(C(C)C)c(N)n2)cn1. The number of hydrogen-bond donors (Lipinski definition) is 1. The van der Waals surface area contributed by atoms with Crippen LogP contribution in [0.25, 0.3) is 11.4 Å². The molecule has 0 fully saturated rings. The second-order valence-corrected chi connectivity index (χ2v) is 4.77. The Hall–Kier alpha value is -1.97. The van der Waals surface area contributed by atoms with E-state index >= 15 is 0 Å². The highest BCUT2D eigenvalue weighted by atomic mass is 15.0. The van der Waals surface area contributed by atoms with Gasteiger partial charge in [0, 0.05) is 28.7 Å². The van der Waals surface area contributed by atoms with Crippen LogP contribution in [0.1, 0.15) is 36.7 Å². The van der Waals surface area contributed by atoms with E-state index in [0.29, 0.717) is 17.6 Å². The van der Waals surface area contributed by atoms with Crippen molar-refractivity contribution in [2.45, 2.75) is 33.6 Å². The molecule has 0 aliphatic rings. The summed E-state index contributed by atoms with van der Waals surface area (Å²) in [4.78, 5) is 13.2. The van der Waals surface area contributed by atoms with Crippen molar-refractivity contribution in [2.24, 2.45) is 0 Å². The monoisotopic (exact) mass is 242 g/mol. The Morgan fingerprint density at radius 2 is 1.83 bits per heavy atom. The lowest BCUT2D eigenvalue weighted by Gasteiger charge is -2.13. The highest BCUT2D eigenvalue weighted by Gasteiger charge is 2.13. The van der Waals surface area contributed by atoms with Crippen LogP contribution in [0.4, 0.5) is 5.82 Å². The lowest BCUT2D eigenvalue weighted by molar-refractivity contribution is 0.836. The van der Waals surface area contributed by atoms with Gasteiger partial charge < -0.3 is 5.73 Å². The van der Waals surface area contributed by atoms with Gasteiger partial charge in [-0.2, -0.15) is 0 Å². The van der Waals surface area contributed by atoms with Gasteiger partial charge in [-0.3, -0.25) is 4.98 Å². The zero-order chi connectivity index (χ0) is 13.3. The molecule has 18 heavy (non-hydrogen) atoms. The summed E-state index contributed by atoms with van der Waals surface area (Å²) < 4.78 is 0. The van der Waals surface area contributed by atoms with E-state index in [4.69, 9.17) is 5.73 Å². The highest BCUT2D eigenvalue weighted by Crippen LogP contribution is 2.25. The van der Waals surface area contributed by atoms with Crippen LogP contribution in [0, 0.1) is 13.8 Å². The number of rotatable bonds is 2. The number of aromatic nitrogens is 3. The minimum atomic E-state index is 0.329. The van der Waals surface area contributed by atoms with Crippen molar-refractivity contribution < 1.29 is 0 Å². The number of anilines is 1. The van der Waals surface area contributed by atoms with Gasteiger partial charge in [-0.1, -0.05) is 13.8 Å². The molecular formula is C14H18N4. The lowest BCUT2D eigenvalue weighted by atomic mass is 10.0. The highest BCUT2D eigenvalue weighted by molar-refractivity contribution is 5.58. The Morgan fingerprint density at radius 3 is 2.33 bits per heavy atom. The fourth-order valence-electron chi connectivity index (χ4n) is 2.05. The summed E-state index contributed by atoms with van der Waals surface area (Å²) in [6.07, 6.45) is 1.78. The molecule has 0 aliphatic heterocycles. The van der Waals surface area contributed by atoms with E-state index in [9.17, 15) is 0 Å². The molecule has 2 aromatic heterocycles. The normalized spacial score (nSPS) is 10.9. The number of nitrogen functional groups attached to an aromatic ring is 1. The van der Waals surface area contributed by atoms with Crippen molar-refractivity contribution in [3.05, 3.63) is 35.3 Å². The molecule has 0 aliphatic carbocycles. The van der Waals surface area contributed by atoms with E-state index in [1.54, 1.807) is 6.20 Å². The molecule has 2 N–H and O–H groups in total. The molecule has 94 valence electrons. The molecule has 0 bridgehead atoms. The standard InChI is InChI=1S/C14H18N4/c1-8(2)12-10(4)17-14(18-13(12)15)11-6-5-9(3)16-7-11/h5-8H,1-4H3,(H2,15,17,18). The Balaban J connectivity index is 2.51. The van der Waals surface area contributed by atoms with Gasteiger partial charge in [0.1, 0.15) is 5.82 Å². The Kier molecular flexibility index (Phi) is 3.28. The third kappa shape index (κ3) is 2.32. The summed E-state index contributed by atoms with van der Waals surface area (Å²) in [6, 6.07) is 3.91. The average molecular weight is 242 g/mol. The fourth-order valence-corrected chi connectivity index (χ4v) is 2.05. The second-order valence-electron chi connectivity index (χ2n) is 4.77. The summed E-state index contributed by atoms with van der Waals surface area (Å²) in [5, 5.41) is 0. The van der Waals surface area contributed by atoms with Crippen LogP contribution >= 0.6 is 0 Å². The first-order valence-electron chi connectivity index (χ1n) is 6.06. The van der Waals surface area contributed by atoms with Crippen molar-refractivity contribution >= 4 is 5.82 Å². The van der Waals surface area contributed by atoms with E-state index in [-0.39, 0.29) is 0 Å². The van der Waals surface area contributed by atoms with E-state index < -0.39 is 0 Å².